The van der Waals surface area contributed by atoms with E-state index in [0.29, 0.717) is 31.1 Å². The molecule has 1 aromatic rings. The first-order valence-corrected chi connectivity index (χ1v) is 10.3. The highest BCUT2D eigenvalue weighted by molar-refractivity contribution is 7.89. The van der Waals surface area contributed by atoms with Crippen molar-refractivity contribution in [2.75, 3.05) is 33.7 Å². The number of nitrogens with zero attached hydrogens (tertiary/aromatic N) is 2. The van der Waals surface area contributed by atoms with Crippen LogP contribution < -0.4 is 5.73 Å². The molecule has 0 aromatic heterocycles. The SMILES string of the molecule is CN(C)CCN(CC1CCCCC1)S(=O)(=O)c1ccc(C(N)=O)cc1. The minimum Gasteiger partial charge on any atom is -0.366 e. The van der Waals surface area contributed by atoms with Crippen molar-refractivity contribution in [3.8, 4) is 0 Å². The average Bonchev–Trinajstić information content (AvgIpc) is 2.59. The summed E-state index contributed by atoms with van der Waals surface area (Å²) in [7, 11) is 0.291. The summed E-state index contributed by atoms with van der Waals surface area (Å²) in [6.07, 6.45) is 5.79. The van der Waals surface area contributed by atoms with Gasteiger partial charge in [0.2, 0.25) is 15.9 Å². The van der Waals surface area contributed by atoms with Gasteiger partial charge in [-0.2, -0.15) is 4.31 Å². The van der Waals surface area contributed by atoms with E-state index in [1.807, 2.05) is 19.0 Å². The van der Waals surface area contributed by atoms with Gasteiger partial charge in [0.15, 0.2) is 0 Å². The summed E-state index contributed by atoms with van der Waals surface area (Å²) in [4.78, 5) is 13.4. The third kappa shape index (κ3) is 5.52. The zero-order valence-corrected chi connectivity index (χ0v) is 16.0. The highest BCUT2D eigenvalue weighted by Crippen LogP contribution is 2.26. The van der Waals surface area contributed by atoms with Crippen LogP contribution in [0, 0.1) is 5.92 Å². The molecule has 0 saturated heterocycles. The van der Waals surface area contributed by atoms with Crippen molar-refractivity contribution in [1.29, 1.82) is 0 Å². The first-order valence-electron chi connectivity index (χ1n) is 8.85. The van der Waals surface area contributed by atoms with Gasteiger partial charge in [0.1, 0.15) is 0 Å². The molecule has 7 heteroatoms. The van der Waals surface area contributed by atoms with Crippen LogP contribution in [0.1, 0.15) is 42.5 Å². The van der Waals surface area contributed by atoms with Crippen molar-refractivity contribution >= 4 is 15.9 Å². The molecule has 2 N–H and O–H groups in total. The monoisotopic (exact) mass is 367 g/mol. The normalized spacial score (nSPS) is 16.5. The van der Waals surface area contributed by atoms with Crippen LogP contribution in [0.2, 0.25) is 0 Å². The van der Waals surface area contributed by atoms with Crippen LogP contribution in [0.15, 0.2) is 29.2 Å². The van der Waals surface area contributed by atoms with Gasteiger partial charge in [0.25, 0.3) is 0 Å². The summed E-state index contributed by atoms with van der Waals surface area (Å²) in [5.74, 6) is -0.133. The molecule has 0 bridgehead atoms. The molecule has 2 rings (SSSR count). The van der Waals surface area contributed by atoms with Crippen LogP contribution in [0.3, 0.4) is 0 Å². The van der Waals surface area contributed by atoms with Crippen LogP contribution in [0.25, 0.3) is 0 Å². The van der Waals surface area contributed by atoms with E-state index in [4.69, 9.17) is 5.73 Å². The second-order valence-corrected chi connectivity index (χ2v) is 9.00. The van der Waals surface area contributed by atoms with Gasteiger partial charge in [-0.25, -0.2) is 8.42 Å². The number of hydrogen-bond acceptors (Lipinski definition) is 4. The van der Waals surface area contributed by atoms with E-state index in [2.05, 4.69) is 0 Å². The zero-order chi connectivity index (χ0) is 18.4. The molecule has 1 aliphatic rings. The second-order valence-electron chi connectivity index (χ2n) is 7.06. The summed E-state index contributed by atoms with van der Waals surface area (Å²) in [6.45, 7) is 1.70. The number of hydrogen-bond donors (Lipinski definition) is 1. The zero-order valence-electron chi connectivity index (χ0n) is 15.1. The summed E-state index contributed by atoms with van der Waals surface area (Å²) in [6, 6.07) is 5.89. The van der Waals surface area contributed by atoms with Crippen molar-refractivity contribution in [2.45, 2.75) is 37.0 Å². The number of amides is 1. The van der Waals surface area contributed by atoms with Gasteiger partial charge >= 0.3 is 0 Å². The fraction of sp³-hybridized carbons (Fsp3) is 0.611. The topological polar surface area (TPSA) is 83.7 Å². The summed E-state index contributed by atoms with van der Waals surface area (Å²) in [5.41, 5.74) is 5.54. The molecule has 1 fully saturated rings. The van der Waals surface area contributed by atoms with Crippen LogP contribution in [0.5, 0.6) is 0 Å². The molecule has 25 heavy (non-hydrogen) atoms. The highest BCUT2D eigenvalue weighted by Gasteiger charge is 2.28. The lowest BCUT2D eigenvalue weighted by Gasteiger charge is -2.30. The third-order valence-electron chi connectivity index (χ3n) is 4.76. The van der Waals surface area contributed by atoms with Crippen molar-refractivity contribution < 1.29 is 13.2 Å². The molecule has 0 unspecified atom stereocenters. The lowest BCUT2D eigenvalue weighted by Crippen LogP contribution is -2.40. The Morgan fingerprint density at radius 3 is 2.20 bits per heavy atom. The fourth-order valence-corrected chi connectivity index (χ4v) is 4.73. The Morgan fingerprint density at radius 1 is 1.08 bits per heavy atom. The maximum absolute atomic E-state index is 13.1. The number of likely N-dealkylation sites (N-methyl/N-ethyl adjacent to an activating group) is 1. The first-order chi connectivity index (χ1) is 11.8. The lowest BCUT2D eigenvalue weighted by molar-refractivity contribution is 0.1000. The standard InChI is InChI=1S/C18H29N3O3S/c1-20(2)12-13-21(14-15-6-4-3-5-7-15)25(23,24)17-10-8-16(9-11-17)18(19)22/h8-11,15H,3-7,12-14H2,1-2H3,(H2,19,22). The van der Waals surface area contributed by atoms with Crippen LogP contribution in [-0.2, 0) is 10.0 Å². The first kappa shape index (κ1) is 19.9. The Bertz CT molecular complexity index is 665. The molecule has 0 radical (unpaired) electrons. The average molecular weight is 368 g/mol. The Labute approximate surface area is 151 Å². The Morgan fingerprint density at radius 2 is 1.68 bits per heavy atom. The number of benzene rings is 1. The molecule has 1 aliphatic carbocycles. The molecular formula is C18H29N3O3S. The lowest BCUT2D eigenvalue weighted by atomic mass is 9.89. The molecule has 6 nitrogen and oxygen atoms in total. The molecule has 0 spiro atoms. The van der Waals surface area contributed by atoms with Gasteiger partial charge in [0.05, 0.1) is 4.90 Å². The van der Waals surface area contributed by atoms with Gasteiger partial charge in [-0.1, -0.05) is 19.3 Å². The van der Waals surface area contributed by atoms with Crippen molar-refractivity contribution in [3.05, 3.63) is 29.8 Å². The van der Waals surface area contributed by atoms with Crippen molar-refractivity contribution in [2.24, 2.45) is 11.7 Å². The fourth-order valence-electron chi connectivity index (χ4n) is 3.22. The number of primary amides is 1. The molecular weight excluding hydrogens is 338 g/mol. The smallest absolute Gasteiger partial charge is 0.248 e. The molecule has 1 aromatic carbocycles. The predicted octanol–water partition coefficient (Wildman–Crippen LogP) is 1.92. The van der Waals surface area contributed by atoms with Gasteiger partial charge < -0.3 is 10.6 Å². The number of sulfonamides is 1. The van der Waals surface area contributed by atoms with E-state index < -0.39 is 15.9 Å². The Kier molecular flexibility index (Phi) is 6.98. The highest BCUT2D eigenvalue weighted by atomic mass is 32.2. The molecule has 0 aliphatic heterocycles. The van der Waals surface area contributed by atoms with Gasteiger partial charge in [-0.05, 0) is 57.1 Å². The third-order valence-corrected chi connectivity index (χ3v) is 6.64. The molecule has 0 heterocycles. The van der Waals surface area contributed by atoms with Crippen molar-refractivity contribution in [1.82, 2.24) is 9.21 Å². The van der Waals surface area contributed by atoms with Crippen LogP contribution >= 0.6 is 0 Å². The van der Waals surface area contributed by atoms with Crippen LogP contribution in [0.4, 0.5) is 0 Å². The Balaban J connectivity index is 2.21. The molecule has 1 saturated carbocycles. The number of nitrogens with two attached hydrogens (primary N) is 1. The predicted molar refractivity (Wildman–Crippen MR) is 98.8 cm³/mol. The maximum Gasteiger partial charge on any atom is 0.248 e. The second kappa shape index (κ2) is 8.78. The number of carbonyl (C=O) groups is 1. The van der Waals surface area contributed by atoms with E-state index in [1.165, 1.54) is 43.5 Å². The van der Waals surface area contributed by atoms with E-state index in [0.717, 1.165) is 12.8 Å². The van der Waals surface area contributed by atoms with E-state index in [9.17, 15) is 13.2 Å². The summed E-state index contributed by atoms with van der Waals surface area (Å²) < 4.78 is 27.8. The summed E-state index contributed by atoms with van der Waals surface area (Å²) >= 11 is 0. The number of rotatable bonds is 8. The van der Waals surface area contributed by atoms with E-state index in [1.54, 1.807) is 4.31 Å². The van der Waals surface area contributed by atoms with Gasteiger partial charge in [-0.3, -0.25) is 4.79 Å². The molecule has 140 valence electrons. The largest absolute Gasteiger partial charge is 0.366 e. The van der Waals surface area contributed by atoms with Gasteiger partial charge in [0, 0.05) is 25.2 Å². The number of carbonyl (C=O) groups excluding carboxylic acids is 1. The van der Waals surface area contributed by atoms with Crippen LogP contribution in [-0.4, -0.2) is 57.3 Å². The quantitative estimate of drug-likeness (QED) is 0.761. The maximum atomic E-state index is 13.1. The molecule has 1 amide bonds. The summed E-state index contributed by atoms with van der Waals surface area (Å²) in [5, 5.41) is 0. The van der Waals surface area contributed by atoms with E-state index in [-0.39, 0.29) is 4.90 Å². The minimum absolute atomic E-state index is 0.215. The Hall–Kier alpha value is -1.44. The molecule has 0 atom stereocenters. The van der Waals surface area contributed by atoms with E-state index >= 15 is 0 Å². The van der Waals surface area contributed by atoms with Gasteiger partial charge in [-0.15, -0.1) is 0 Å². The van der Waals surface area contributed by atoms with Crippen molar-refractivity contribution in [3.63, 3.8) is 0 Å². The minimum atomic E-state index is -3.58.